The minimum absolute atomic E-state index is 0.0379. The third-order valence-corrected chi connectivity index (χ3v) is 11.0. The highest BCUT2D eigenvalue weighted by Gasteiger charge is 2.46. The van der Waals surface area contributed by atoms with E-state index >= 15 is 0 Å². The number of urea groups is 1. The predicted octanol–water partition coefficient (Wildman–Crippen LogP) is 7.50. The number of aliphatic imine (C=N–C) groups is 1. The number of ether oxygens (including phenoxy) is 3. The van der Waals surface area contributed by atoms with Gasteiger partial charge in [0.2, 0.25) is 5.91 Å². The van der Waals surface area contributed by atoms with Crippen molar-refractivity contribution >= 4 is 41.0 Å². The molecule has 4 aliphatic rings. The lowest BCUT2D eigenvalue weighted by Crippen LogP contribution is -2.53. The first kappa shape index (κ1) is 38.4. The molecule has 3 saturated heterocycles. The summed E-state index contributed by atoms with van der Waals surface area (Å²) < 4.78 is 59.0. The van der Waals surface area contributed by atoms with Gasteiger partial charge in [0.05, 0.1) is 43.5 Å². The lowest BCUT2D eigenvalue weighted by Gasteiger charge is -2.39. The van der Waals surface area contributed by atoms with Crippen molar-refractivity contribution in [3.63, 3.8) is 0 Å². The van der Waals surface area contributed by atoms with Crippen LogP contribution >= 0.6 is 23.2 Å². The van der Waals surface area contributed by atoms with Gasteiger partial charge in [-0.3, -0.25) is 19.6 Å². The lowest BCUT2D eigenvalue weighted by atomic mass is 9.93. The number of nitrogens with one attached hydrogen (secondary N) is 1. The van der Waals surface area contributed by atoms with E-state index in [0.717, 1.165) is 36.1 Å². The number of likely N-dealkylation sites (tertiary alicyclic amines) is 2. The average Bonchev–Trinajstić information content (AvgIpc) is 3.78. The molecule has 0 bridgehead atoms. The number of amidine groups is 1. The van der Waals surface area contributed by atoms with E-state index in [1.807, 2.05) is 24.3 Å². The molecular formula is C39H42Cl2F3N5O5. The number of alkyl halides is 3. The van der Waals surface area contributed by atoms with Crippen LogP contribution in [0.2, 0.25) is 10.0 Å². The van der Waals surface area contributed by atoms with E-state index in [0.29, 0.717) is 62.3 Å². The molecule has 3 amide bonds. The van der Waals surface area contributed by atoms with Crippen molar-refractivity contribution in [1.82, 2.24) is 20.0 Å². The Morgan fingerprint density at radius 1 is 0.907 bits per heavy atom. The van der Waals surface area contributed by atoms with Gasteiger partial charge >= 0.3 is 12.2 Å². The van der Waals surface area contributed by atoms with Gasteiger partial charge in [0.25, 0.3) is 0 Å². The van der Waals surface area contributed by atoms with Crippen molar-refractivity contribution in [3.05, 3.63) is 99.0 Å². The third kappa shape index (κ3) is 8.35. The summed E-state index contributed by atoms with van der Waals surface area (Å²) in [5.74, 6) is -0.435. The zero-order valence-electron chi connectivity index (χ0n) is 29.8. The van der Waals surface area contributed by atoms with Crippen LogP contribution in [-0.2, 0) is 20.4 Å². The van der Waals surface area contributed by atoms with Crippen molar-refractivity contribution < 1.29 is 37.0 Å². The van der Waals surface area contributed by atoms with Crippen LogP contribution in [0.15, 0.2) is 71.7 Å². The Balaban J connectivity index is 1.14. The van der Waals surface area contributed by atoms with Crippen molar-refractivity contribution in [2.45, 2.75) is 62.7 Å². The van der Waals surface area contributed by atoms with E-state index in [9.17, 15) is 22.8 Å². The number of piperidine rings is 2. The number of carbonyl (C=O) groups excluding carboxylic acids is 2. The second-order valence-electron chi connectivity index (χ2n) is 14.0. The molecule has 0 aromatic heterocycles. The highest BCUT2D eigenvalue weighted by atomic mass is 35.5. The van der Waals surface area contributed by atoms with Gasteiger partial charge in [-0.15, -0.1) is 0 Å². The van der Waals surface area contributed by atoms with Crippen LogP contribution < -0.4 is 10.1 Å². The van der Waals surface area contributed by atoms with Gasteiger partial charge in [-0.1, -0.05) is 47.5 Å². The number of halogens is 5. The molecule has 2 unspecified atom stereocenters. The Morgan fingerprint density at radius 3 is 2.11 bits per heavy atom. The summed E-state index contributed by atoms with van der Waals surface area (Å²) in [7, 11) is 0. The monoisotopic (exact) mass is 787 g/mol. The highest BCUT2D eigenvalue weighted by molar-refractivity contribution is 6.30. The zero-order valence-corrected chi connectivity index (χ0v) is 31.3. The molecule has 0 radical (unpaired) electrons. The van der Waals surface area contributed by atoms with E-state index in [1.54, 1.807) is 41.0 Å². The third-order valence-electron chi connectivity index (χ3n) is 10.5. The molecule has 2 atom stereocenters. The Kier molecular flexibility index (Phi) is 11.4. The highest BCUT2D eigenvalue weighted by Crippen LogP contribution is 2.46. The van der Waals surface area contributed by atoms with E-state index in [2.05, 4.69) is 10.2 Å². The number of amides is 3. The number of hydrogen-bond acceptors (Lipinski definition) is 7. The largest absolute Gasteiger partial charge is 0.493 e. The van der Waals surface area contributed by atoms with Gasteiger partial charge in [0.15, 0.2) is 5.79 Å². The number of benzene rings is 3. The van der Waals surface area contributed by atoms with Crippen LogP contribution in [0.1, 0.15) is 66.9 Å². The number of carbonyl (C=O) groups is 2. The number of rotatable bonds is 8. The average molecular weight is 789 g/mol. The molecule has 1 N–H and O–H groups in total. The van der Waals surface area contributed by atoms with E-state index in [4.69, 9.17) is 42.4 Å². The zero-order chi connectivity index (χ0) is 38.0. The molecule has 288 valence electrons. The fraction of sp³-hybridized carbons (Fsp3) is 0.462. The lowest BCUT2D eigenvalue weighted by molar-refractivity contribution is -0.185. The molecule has 1 spiro atoms. The normalized spacial score (nSPS) is 22.1. The van der Waals surface area contributed by atoms with Crippen molar-refractivity contribution in [1.29, 1.82) is 0 Å². The molecule has 15 heteroatoms. The Bertz CT molecular complexity index is 1840. The molecular weight excluding hydrogens is 746 g/mol. The van der Waals surface area contributed by atoms with Gasteiger partial charge < -0.3 is 24.4 Å². The Hall–Kier alpha value is -3.88. The molecule has 3 aromatic rings. The van der Waals surface area contributed by atoms with Crippen molar-refractivity contribution in [3.8, 4) is 5.75 Å². The first-order valence-corrected chi connectivity index (χ1v) is 19.0. The SMILES string of the molecule is CCOc1cc(C(F)(F)F)ccc1C1=NC(c2ccc(Cl)cc2)C(c2ccc(Cl)cc2)N1C(=O)N1CCC(NC(=O)CN2CCC3(CC2)OCCO3)CC1. The standard InChI is InChI=1S/C39H42Cl2F3N5O5/c1-2-52-32-23-27(39(42,43)44)7-12-31(32)36-46-34(25-3-8-28(40)9-4-25)35(26-5-10-29(41)11-6-26)49(36)37(51)48-17-13-30(14-18-48)45-33(50)24-47-19-15-38(16-20-47)53-21-22-54-38/h3-12,23,30,34-35H,2,13-22,24H2,1H3,(H,45,50). The number of nitrogens with zero attached hydrogens (tertiary/aromatic N) is 4. The summed E-state index contributed by atoms with van der Waals surface area (Å²) in [5.41, 5.74) is 0.865. The van der Waals surface area contributed by atoms with E-state index < -0.39 is 29.6 Å². The summed E-state index contributed by atoms with van der Waals surface area (Å²) in [4.78, 5) is 38.4. The predicted molar refractivity (Wildman–Crippen MR) is 198 cm³/mol. The Labute approximate surface area is 322 Å². The maximum Gasteiger partial charge on any atom is 0.416 e. The van der Waals surface area contributed by atoms with Gasteiger partial charge in [-0.05, 0) is 73.4 Å². The van der Waals surface area contributed by atoms with Gasteiger partial charge in [0, 0.05) is 55.1 Å². The summed E-state index contributed by atoms with van der Waals surface area (Å²) in [6, 6.07) is 15.6. The maximum absolute atomic E-state index is 14.8. The molecule has 10 nitrogen and oxygen atoms in total. The van der Waals surface area contributed by atoms with Crippen molar-refractivity contribution in [2.24, 2.45) is 4.99 Å². The van der Waals surface area contributed by atoms with Gasteiger partial charge in [-0.25, -0.2) is 4.79 Å². The van der Waals surface area contributed by atoms with Gasteiger partial charge in [0.1, 0.15) is 17.6 Å². The van der Waals surface area contributed by atoms with Crippen molar-refractivity contribution in [2.75, 3.05) is 52.5 Å². The molecule has 3 aromatic carbocycles. The fourth-order valence-electron chi connectivity index (χ4n) is 7.69. The molecule has 54 heavy (non-hydrogen) atoms. The topological polar surface area (TPSA) is 95.9 Å². The van der Waals surface area contributed by atoms with E-state index in [-0.39, 0.29) is 48.3 Å². The van der Waals surface area contributed by atoms with Crippen LogP contribution in [0.4, 0.5) is 18.0 Å². The molecule has 0 aliphatic carbocycles. The van der Waals surface area contributed by atoms with Crippen LogP contribution in [0, 0.1) is 0 Å². The van der Waals surface area contributed by atoms with Crippen LogP contribution in [-0.4, -0.2) is 96.8 Å². The molecule has 4 aliphatic heterocycles. The summed E-state index contributed by atoms with van der Waals surface area (Å²) >= 11 is 12.5. The Morgan fingerprint density at radius 2 is 1.52 bits per heavy atom. The molecule has 4 heterocycles. The molecule has 0 saturated carbocycles. The van der Waals surface area contributed by atoms with Crippen LogP contribution in [0.5, 0.6) is 5.75 Å². The minimum atomic E-state index is -4.61. The smallest absolute Gasteiger partial charge is 0.416 e. The summed E-state index contributed by atoms with van der Waals surface area (Å²) in [5, 5.41) is 4.18. The minimum Gasteiger partial charge on any atom is -0.493 e. The maximum atomic E-state index is 14.8. The van der Waals surface area contributed by atoms with Crippen LogP contribution in [0.3, 0.4) is 0 Å². The van der Waals surface area contributed by atoms with E-state index in [1.165, 1.54) is 6.07 Å². The quantitative estimate of drug-likeness (QED) is 0.254. The first-order chi connectivity index (χ1) is 25.9. The second-order valence-corrected chi connectivity index (χ2v) is 14.8. The number of hydrogen-bond donors (Lipinski definition) is 1. The van der Waals surface area contributed by atoms with Crippen LogP contribution in [0.25, 0.3) is 0 Å². The summed E-state index contributed by atoms with van der Waals surface area (Å²) in [6.07, 6.45) is -2.11. The first-order valence-electron chi connectivity index (χ1n) is 18.2. The summed E-state index contributed by atoms with van der Waals surface area (Å²) in [6.45, 7) is 5.35. The molecule has 7 rings (SSSR count). The molecule has 3 fully saturated rings. The second kappa shape index (κ2) is 16.1. The van der Waals surface area contributed by atoms with Gasteiger partial charge in [-0.2, -0.15) is 13.2 Å². The fourth-order valence-corrected chi connectivity index (χ4v) is 7.95.